The summed E-state index contributed by atoms with van der Waals surface area (Å²) in [6.07, 6.45) is 0. The number of nitrogens with one attached hydrogen (secondary N) is 1. The first kappa shape index (κ1) is 13.8. The van der Waals surface area contributed by atoms with Gasteiger partial charge in [-0.2, -0.15) is 0 Å². The highest BCUT2D eigenvalue weighted by Crippen LogP contribution is 2.30. The Balaban J connectivity index is 2.09. The van der Waals surface area contributed by atoms with Gasteiger partial charge >= 0.3 is 0 Å². The van der Waals surface area contributed by atoms with E-state index >= 15 is 0 Å². The van der Waals surface area contributed by atoms with Gasteiger partial charge in [-0.25, -0.2) is 4.39 Å². The van der Waals surface area contributed by atoms with Crippen LogP contribution in [-0.4, -0.2) is 7.05 Å². The van der Waals surface area contributed by atoms with Crippen molar-refractivity contribution in [3.05, 3.63) is 70.7 Å². The van der Waals surface area contributed by atoms with Crippen molar-refractivity contribution in [2.45, 2.75) is 19.9 Å². The van der Waals surface area contributed by atoms with E-state index < -0.39 is 0 Å². The molecule has 1 N–H and O–H groups in total. The van der Waals surface area contributed by atoms with Crippen molar-refractivity contribution in [1.82, 2.24) is 5.32 Å². The van der Waals surface area contributed by atoms with E-state index in [1.165, 1.54) is 28.8 Å². The fraction of sp³-hybridized carbons (Fsp3) is 0.222. The Morgan fingerprint density at radius 3 is 2.57 bits per heavy atom. The monoisotopic (exact) mass is 283 g/mol. The minimum absolute atomic E-state index is 0.0407. The van der Waals surface area contributed by atoms with E-state index in [-0.39, 0.29) is 11.9 Å². The van der Waals surface area contributed by atoms with Crippen LogP contribution in [0.1, 0.15) is 28.5 Å². The molecule has 3 aromatic rings. The van der Waals surface area contributed by atoms with Crippen LogP contribution in [-0.2, 0) is 0 Å². The molecule has 3 rings (SSSR count). The lowest BCUT2D eigenvalue weighted by Crippen LogP contribution is -2.18. The SMILES string of the molecule is CNC(c1cc2cc(F)ccc2o1)c1ccc(C)cc1C. The van der Waals surface area contributed by atoms with Gasteiger partial charge in [0.1, 0.15) is 17.2 Å². The highest BCUT2D eigenvalue weighted by atomic mass is 19.1. The van der Waals surface area contributed by atoms with E-state index in [1.807, 2.05) is 13.1 Å². The first-order chi connectivity index (χ1) is 10.1. The number of benzene rings is 2. The number of hydrogen-bond donors (Lipinski definition) is 1. The first-order valence-electron chi connectivity index (χ1n) is 7.02. The van der Waals surface area contributed by atoms with Crippen LogP contribution >= 0.6 is 0 Å². The van der Waals surface area contributed by atoms with E-state index in [0.29, 0.717) is 5.58 Å². The van der Waals surface area contributed by atoms with Crippen LogP contribution < -0.4 is 5.32 Å². The van der Waals surface area contributed by atoms with E-state index in [0.717, 1.165) is 11.1 Å². The predicted molar refractivity (Wildman–Crippen MR) is 83.0 cm³/mol. The lowest BCUT2D eigenvalue weighted by atomic mass is 9.97. The van der Waals surface area contributed by atoms with Crippen LogP contribution in [0.5, 0.6) is 0 Å². The van der Waals surface area contributed by atoms with Gasteiger partial charge in [-0.3, -0.25) is 0 Å². The summed E-state index contributed by atoms with van der Waals surface area (Å²) in [4.78, 5) is 0. The second kappa shape index (κ2) is 5.34. The van der Waals surface area contributed by atoms with Crippen molar-refractivity contribution in [2.24, 2.45) is 0 Å². The van der Waals surface area contributed by atoms with Crippen molar-refractivity contribution in [1.29, 1.82) is 0 Å². The Labute approximate surface area is 123 Å². The van der Waals surface area contributed by atoms with Crippen LogP contribution in [0.2, 0.25) is 0 Å². The smallest absolute Gasteiger partial charge is 0.134 e. The summed E-state index contributed by atoms with van der Waals surface area (Å²) in [5, 5.41) is 4.07. The summed E-state index contributed by atoms with van der Waals surface area (Å²) in [6, 6.07) is 12.8. The zero-order valence-corrected chi connectivity index (χ0v) is 12.4. The molecule has 0 saturated carbocycles. The molecule has 0 bridgehead atoms. The van der Waals surface area contributed by atoms with Gasteiger partial charge in [0, 0.05) is 5.39 Å². The largest absolute Gasteiger partial charge is 0.459 e. The number of fused-ring (bicyclic) bond motifs is 1. The lowest BCUT2D eigenvalue weighted by Gasteiger charge is -2.17. The van der Waals surface area contributed by atoms with Gasteiger partial charge in [0.2, 0.25) is 0 Å². The zero-order chi connectivity index (χ0) is 15.0. The highest BCUT2D eigenvalue weighted by Gasteiger charge is 2.18. The van der Waals surface area contributed by atoms with Gasteiger partial charge in [-0.05, 0) is 56.3 Å². The molecule has 21 heavy (non-hydrogen) atoms. The summed E-state index contributed by atoms with van der Waals surface area (Å²) in [5.74, 6) is 0.549. The normalized spacial score (nSPS) is 12.8. The average molecular weight is 283 g/mol. The molecule has 1 atom stereocenters. The topological polar surface area (TPSA) is 25.2 Å². The molecule has 1 heterocycles. The summed E-state index contributed by atoms with van der Waals surface area (Å²) < 4.78 is 19.2. The molecule has 0 spiro atoms. The third kappa shape index (κ3) is 2.57. The van der Waals surface area contributed by atoms with Gasteiger partial charge in [0.05, 0.1) is 6.04 Å². The molecule has 0 aliphatic heterocycles. The Kier molecular flexibility index (Phi) is 3.52. The summed E-state index contributed by atoms with van der Waals surface area (Å²) in [6.45, 7) is 4.17. The lowest BCUT2D eigenvalue weighted by molar-refractivity contribution is 0.490. The van der Waals surface area contributed by atoms with Gasteiger partial charge < -0.3 is 9.73 Å². The number of aryl methyl sites for hydroxylation is 2. The fourth-order valence-electron chi connectivity index (χ4n) is 2.78. The van der Waals surface area contributed by atoms with Crippen LogP contribution in [0.25, 0.3) is 11.0 Å². The Morgan fingerprint density at radius 1 is 1.05 bits per heavy atom. The molecule has 1 unspecified atom stereocenters. The summed E-state index contributed by atoms with van der Waals surface area (Å²) in [5.41, 5.74) is 4.32. The molecule has 0 saturated heterocycles. The van der Waals surface area contributed by atoms with Crippen molar-refractivity contribution in [3.8, 4) is 0 Å². The molecular formula is C18H18FNO. The molecule has 108 valence electrons. The molecule has 0 amide bonds. The van der Waals surface area contributed by atoms with Crippen molar-refractivity contribution < 1.29 is 8.81 Å². The summed E-state index contributed by atoms with van der Waals surface area (Å²) in [7, 11) is 1.90. The number of furan rings is 1. The molecule has 0 aliphatic carbocycles. The molecule has 0 aliphatic rings. The van der Waals surface area contributed by atoms with Crippen molar-refractivity contribution in [3.63, 3.8) is 0 Å². The molecular weight excluding hydrogens is 265 g/mol. The first-order valence-corrected chi connectivity index (χ1v) is 7.02. The zero-order valence-electron chi connectivity index (χ0n) is 12.4. The van der Waals surface area contributed by atoms with Crippen LogP contribution in [0.15, 0.2) is 46.9 Å². The third-order valence-corrected chi connectivity index (χ3v) is 3.81. The van der Waals surface area contributed by atoms with E-state index in [4.69, 9.17) is 4.42 Å². The van der Waals surface area contributed by atoms with E-state index in [9.17, 15) is 4.39 Å². The predicted octanol–water partition coefficient (Wildman–Crippen LogP) is 4.50. The minimum Gasteiger partial charge on any atom is -0.459 e. The number of hydrogen-bond acceptors (Lipinski definition) is 2. The van der Waals surface area contributed by atoms with Crippen LogP contribution in [0.3, 0.4) is 0 Å². The van der Waals surface area contributed by atoms with Crippen molar-refractivity contribution >= 4 is 11.0 Å². The molecule has 0 radical (unpaired) electrons. The van der Waals surface area contributed by atoms with Crippen molar-refractivity contribution in [2.75, 3.05) is 7.05 Å². The van der Waals surface area contributed by atoms with Gasteiger partial charge in [0.25, 0.3) is 0 Å². The molecule has 0 fully saturated rings. The number of rotatable bonds is 3. The highest BCUT2D eigenvalue weighted by molar-refractivity contribution is 5.78. The summed E-state index contributed by atoms with van der Waals surface area (Å²) >= 11 is 0. The number of halogens is 1. The van der Waals surface area contributed by atoms with Gasteiger partial charge in [0.15, 0.2) is 0 Å². The molecule has 1 aromatic heterocycles. The standard InChI is InChI=1S/C18H18FNO/c1-11-4-6-15(12(2)8-11)18(20-3)17-10-13-9-14(19)5-7-16(13)21-17/h4-10,18,20H,1-3H3. The van der Waals surface area contributed by atoms with E-state index in [2.05, 4.69) is 37.4 Å². The Morgan fingerprint density at radius 2 is 1.86 bits per heavy atom. The maximum Gasteiger partial charge on any atom is 0.134 e. The fourth-order valence-corrected chi connectivity index (χ4v) is 2.78. The minimum atomic E-state index is -0.248. The van der Waals surface area contributed by atoms with Crippen LogP contribution in [0, 0.1) is 19.7 Å². The maximum atomic E-state index is 13.3. The van der Waals surface area contributed by atoms with E-state index in [1.54, 1.807) is 6.07 Å². The molecule has 2 aromatic carbocycles. The average Bonchev–Trinajstić information content (AvgIpc) is 2.84. The third-order valence-electron chi connectivity index (χ3n) is 3.81. The van der Waals surface area contributed by atoms with Gasteiger partial charge in [-0.1, -0.05) is 23.8 Å². The van der Waals surface area contributed by atoms with Crippen LogP contribution in [0.4, 0.5) is 4.39 Å². The Bertz CT molecular complexity index is 791. The Hall–Kier alpha value is -2.13. The second-order valence-electron chi connectivity index (χ2n) is 5.41. The van der Waals surface area contributed by atoms with Gasteiger partial charge in [-0.15, -0.1) is 0 Å². The molecule has 3 heteroatoms. The maximum absolute atomic E-state index is 13.3. The second-order valence-corrected chi connectivity index (χ2v) is 5.41. The molecule has 2 nitrogen and oxygen atoms in total. The quantitative estimate of drug-likeness (QED) is 0.765.